The molecule has 2 N–H and O–H groups in total. The Bertz CT molecular complexity index is 822. The van der Waals surface area contributed by atoms with Crippen LogP contribution in [-0.4, -0.2) is 59.7 Å². The van der Waals surface area contributed by atoms with E-state index in [1.807, 2.05) is 6.92 Å². The van der Waals surface area contributed by atoms with Crippen LogP contribution in [0.5, 0.6) is 0 Å². The lowest BCUT2D eigenvalue weighted by atomic mass is 9.73. The number of likely N-dealkylation sites (N-methyl/N-ethyl adjacent to an activating group) is 1. The molecule has 3 rings (SSSR count). The van der Waals surface area contributed by atoms with E-state index in [1.165, 1.54) is 4.90 Å². The molecule has 1 saturated heterocycles. The van der Waals surface area contributed by atoms with Crippen LogP contribution >= 0.6 is 0 Å². The number of imide groups is 1. The van der Waals surface area contributed by atoms with Crippen LogP contribution in [0.15, 0.2) is 24.3 Å². The van der Waals surface area contributed by atoms with Gasteiger partial charge in [-0.3, -0.25) is 19.3 Å². The fraction of sp³-hybridized carbons (Fsp3) is 0.524. The Hall–Kier alpha value is -2.90. The number of nitrogens with zero attached hydrogens (tertiary/aromatic N) is 2. The molecule has 1 aliphatic heterocycles. The van der Waals surface area contributed by atoms with Crippen molar-refractivity contribution in [3.8, 4) is 0 Å². The summed E-state index contributed by atoms with van der Waals surface area (Å²) in [7, 11) is 3.20. The van der Waals surface area contributed by atoms with Crippen LogP contribution in [0.2, 0.25) is 0 Å². The summed E-state index contributed by atoms with van der Waals surface area (Å²) in [5.74, 6) is -0.717. The van der Waals surface area contributed by atoms with Gasteiger partial charge in [0.15, 0.2) is 0 Å². The zero-order chi connectivity index (χ0) is 21.2. The van der Waals surface area contributed by atoms with E-state index < -0.39 is 11.6 Å². The summed E-state index contributed by atoms with van der Waals surface area (Å²) < 4.78 is 0. The second-order valence-corrected chi connectivity index (χ2v) is 7.97. The van der Waals surface area contributed by atoms with Crippen LogP contribution in [-0.2, 0) is 16.1 Å². The van der Waals surface area contributed by atoms with E-state index in [-0.39, 0.29) is 30.2 Å². The molecule has 0 aromatic heterocycles. The average Bonchev–Trinajstić information content (AvgIpc) is 2.95. The molecule has 1 aromatic carbocycles. The second-order valence-electron chi connectivity index (χ2n) is 7.97. The first kappa shape index (κ1) is 20.8. The number of benzene rings is 1. The summed E-state index contributed by atoms with van der Waals surface area (Å²) in [4.78, 5) is 52.2. The molecular formula is C21H28N4O4. The van der Waals surface area contributed by atoms with E-state index in [4.69, 9.17) is 0 Å². The van der Waals surface area contributed by atoms with Gasteiger partial charge in [-0.2, -0.15) is 0 Å². The second kappa shape index (κ2) is 8.23. The monoisotopic (exact) mass is 400 g/mol. The standard InChI is InChI=1S/C21H28N4O4/c1-14-6-4-5-11-21(14)19(28)25(20(29)23-21)13-17(26)24(3)12-15-7-9-16(10-8-15)18(27)22-2/h7-10,14H,4-6,11-13H2,1-3H3,(H,22,27)(H,23,29)/t14-,21-/m1/s1. The van der Waals surface area contributed by atoms with Gasteiger partial charge in [0.2, 0.25) is 5.91 Å². The molecule has 0 unspecified atom stereocenters. The van der Waals surface area contributed by atoms with Crippen molar-refractivity contribution in [2.45, 2.75) is 44.7 Å². The molecule has 5 amide bonds. The van der Waals surface area contributed by atoms with Crippen LogP contribution in [0.4, 0.5) is 4.79 Å². The number of hydrogen-bond donors (Lipinski definition) is 2. The van der Waals surface area contributed by atoms with Gasteiger partial charge < -0.3 is 15.5 Å². The van der Waals surface area contributed by atoms with E-state index in [0.29, 0.717) is 18.5 Å². The summed E-state index contributed by atoms with van der Waals surface area (Å²) >= 11 is 0. The van der Waals surface area contributed by atoms with Crippen molar-refractivity contribution in [2.75, 3.05) is 20.6 Å². The molecule has 156 valence electrons. The first-order chi connectivity index (χ1) is 13.8. The minimum Gasteiger partial charge on any atom is -0.355 e. The summed E-state index contributed by atoms with van der Waals surface area (Å²) in [6.45, 7) is 2.03. The number of urea groups is 1. The van der Waals surface area contributed by atoms with E-state index in [1.54, 1.807) is 38.4 Å². The Morgan fingerprint density at radius 1 is 1.24 bits per heavy atom. The molecule has 1 aliphatic carbocycles. The minimum atomic E-state index is -0.857. The summed E-state index contributed by atoms with van der Waals surface area (Å²) in [6, 6.07) is 6.46. The predicted octanol–water partition coefficient (Wildman–Crippen LogP) is 1.51. The van der Waals surface area contributed by atoms with Gasteiger partial charge in [-0.15, -0.1) is 0 Å². The van der Waals surface area contributed by atoms with Crippen molar-refractivity contribution >= 4 is 23.8 Å². The normalized spacial score (nSPS) is 23.8. The number of hydrogen-bond acceptors (Lipinski definition) is 4. The first-order valence-electron chi connectivity index (χ1n) is 9.97. The Morgan fingerprint density at radius 3 is 2.55 bits per heavy atom. The van der Waals surface area contributed by atoms with E-state index in [0.717, 1.165) is 29.7 Å². The molecule has 1 saturated carbocycles. The van der Waals surface area contributed by atoms with Crippen LogP contribution in [0, 0.1) is 5.92 Å². The fourth-order valence-corrected chi connectivity index (χ4v) is 4.16. The van der Waals surface area contributed by atoms with Crippen molar-refractivity contribution in [2.24, 2.45) is 5.92 Å². The molecule has 0 bridgehead atoms. The zero-order valence-electron chi connectivity index (χ0n) is 17.2. The highest BCUT2D eigenvalue weighted by Crippen LogP contribution is 2.38. The van der Waals surface area contributed by atoms with Gasteiger partial charge >= 0.3 is 6.03 Å². The molecule has 1 heterocycles. The SMILES string of the molecule is CNC(=O)c1ccc(CN(C)C(=O)CN2C(=O)N[C@@]3(CCCC[C@H]3C)C2=O)cc1. The lowest BCUT2D eigenvalue weighted by molar-refractivity contribution is -0.140. The number of nitrogens with one attached hydrogen (secondary N) is 2. The molecular weight excluding hydrogens is 372 g/mol. The fourth-order valence-electron chi connectivity index (χ4n) is 4.16. The summed E-state index contributed by atoms with van der Waals surface area (Å²) in [5, 5.41) is 5.42. The Morgan fingerprint density at radius 2 is 1.93 bits per heavy atom. The highest BCUT2D eigenvalue weighted by Gasteiger charge is 2.55. The van der Waals surface area contributed by atoms with Gasteiger partial charge in [0, 0.05) is 26.2 Å². The maximum atomic E-state index is 13.0. The van der Waals surface area contributed by atoms with Gasteiger partial charge in [-0.05, 0) is 36.5 Å². The third-order valence-electron chi connectivity index (χ3n) is 6.08. The Kier molecular flexibility index (Phi) is 5.91. The third-order valence-corrected chi connectivity index (χ3v) is 6.08. The lowest BCUT2D eigenvalue weighted by Crippen LogP contribution is -2.54. The van der Waals surface area contributed by atoms with Gasteiger partial charge in [0.1, 0.15) is 12.1 Å². The number of carbonyl (C=O) groups is 4. The molecule has 1 spiro atoms. The zero-order valence-corrected chi connectivity index (χ0v) is 17.2. The third kappa shape index (κ3) is 3.97. The molecule has 8 nitrogen and oxygen atoms in total. The van der Waals surface area contributed by atoms with Crippen LogP contribution in [0.1, 0.15) is 48.5 Å². The maximum absolute atomic E-state index is 13.0. The minimum absolute atomic E-state index is 0.0596. The highest BCUT2D eigenvalue weighted by atomic mass is 16.2. The van der Waals surface area contributed by atoms with Crippen molar-refractivity contribution in [1.82, 2.24) is 20.4 Å². The molecule has 8 heteroatoms. The molecule has 29 heavy (non-hydrogen) atoms. The Balaban J connectivity index is 1.63. The molecule has 0 radical (unpaired) electrons. The molecule has 2 fully saturated rings. The Labute approximate surface area is 170 Å². The van der Waals surface area contributed by atoms with Gasteiger partial charge in [0.05, 0.1) is 0 Å². The molecule has 2 atom stereocenters. The van der Waals surface area contributed by atoms with E-state index in [2.05, 4.69) is 10.6 Å². The topological polar surface area (TPSA) is 98.8 Å². The van der Waals surface area contributed by atoms with Gasteiger partial charge in [0.25, 0.3) is 11.8 Å². The van der Waals surface area contributed by atoms with Gasteiger partial charge in [-0.25, -0.2) is 4.79 Å². The van der Waals surface area contributed by atoms with Crippen LogP contribution in [0.3, 0.4) is 0 Å². The first-order valence-corrected chi connectivity index (χ1v) is 9.97. The van der Waals surface area contributed by atoms with E-state index >= 15 is 0 Å². The molecule has 2 aliphatic rings. The van der Waals surface area contributed by atoms with Crippen molar-refractivity contribution < 1.29 is 19.2 Å². The number of rotatable bonds is 5. The summed E-state index contributed by atoms with van der Waals surface area (Å²) in [5.41, 5.74) is 0.531. The maximum Gasteiger partial charge on any atom is 0.325 e. The number of carbonyl (C=O) groups excluding carboxylic acids is 4. The van der Waals surface area contributed by atoms with Crippen molar-refractivity contribution in [3.05, 3.63) is 35.4 Å². The predicted molar refractivity (Wildman–Crippen MR) is 107 cm³/mol. The van der Waals surface area contributed by atoms with E-state index in [9.17, 15) is 19.2 Å². The van der Waals surface area contributed by atoms with Crippen LogP contribution < -0.4 is 10.6 Å². The van der Waals surface area contributed by atoms with Crippen molar-refractivity contribution in [3.63, 3.8) is 0 Å². The smallest absolute Gasteiger partial charge is 0.325 e. The highest BCUT2D eigenvalue weighted by molar-refractivity contribution is 6.09. The lowest BCUT2D eigenvalue weighted by Gasteiger charge is -2.36. The summed E-state index contributed by atoms with van der Waals surface area (Å²) in [6.07, 6.45) is 3.45. The number of amides is 5. The quantitative estimate of drug-likeness (QED) is 0.732. The van der Waals surface area contributed by atoms with Crippen molar-refractivity contribution in [1.29, 1.82) is 0 Å². The van der Waals surface area contributed by atoms with Gasteiger partial charge in [-0.1, -0.05) is 31.9 Å². The molecule has 1 aromatic rings. The average molecular weight is 400 g/mol. The largest absolute Gasteiger partial charge is 0.355 e. The van der Waals surface area contributed by atoms with Crippen LogP contribution in [0.25, 0.3) is 0 Å².